The number of carbonyl (C=O) groups is 3. The highest BCUT2D eigenvalue weighted by Gasteiger charge is 2.20. The van der Waals surface area contributed by atoms with Gasteiger partial charge in [0.1, 0.15) is 22.8 Å². The number of carbonyl (C=O) groups excluding carboxylic acids is 2. The van der Waals surface area contributed by atoms with E-state index in [-0.39, 0.29) is 34.9 Å². The molecule has 0 aliphatic heterocycles. The highest BCUT2D eigenvalue weighted by atomic mass is 16.5. The Morgan fingerprint density at radius 3 is 2.33 bits per heavy atom. The SMILES string of the molecule is CC(=O)CCNc1ccc(C(=O)COc2ccc(C(=O)O)c(O)c2)cc1C(C)(C)C. The van der Waals surface area contributed by atoms with Crippen LogP contribution < -0.4 is 10.1 Å². The first-order valence-corrected chi connectivity index (χ1v) is 9.59. The lowest BCUT2D eigenvalue weighted by atomic mass is 9.84. The van der Waals surface area contributed by atoms with Crippen LogP contribution in [-0.2, 0) is 10.2 Å². The number of aromatic hydroxyl groups is 1. The van der Waals surface area contributed by atoms with Crippen molar-refractivity contribution in [2.75, 3.05) is 18.5 Å². The van der Waals surface area contributed by atoms with Crippen molar-refractivity contribution in [1.82, 2.24) is 0 Å². The van der Waals surface area contributed by atoms with Gasteiger partial charge in [-0.2, -0.15) is 0 Å². The van der Waals surface area contributed by atoms with Crippen LogP contribution >= 0.6 is 0 Å². The van der Waals surface area contributed by atoms with E-state index in [1.54, 1.807) is 13.0 Å². The highest BCUT2D eigenvalue weighted by Crippen LogP contribution is 2.31. The maximum absolute atomic E-state index is 12.6. The number of hydrogen-bond acceptors (Lipinski definition) is 6. The van der Waals surface area contributed by atoms with Gasteiger partial charge in [0.2, 0.25) is 0 Å². The van der Waals surface area contributed by atoms with Crippen LogP contribution in [0.1, 0.15) is 60.4 Å². The summed E-state index contributed by atoms with van der Waals surface area (Å²) in [7, 11) is 0. The second-order valence-electron chi connectivity index (χ2n) is 8.09. The van der Waals surface area contributed by atoms with Gasteiger partial charge in [-0.25, -0.2) is 4.79 Å². The van der Waals surface area contributed by atoms with E-state index in [1.165, 1.54) is 18.2 Å². The van der Waals surface area contributed by atoms with Crippen molar-refractivity contribution in [1.29, 1.82) is 0 Å². The molecule has 0 amide bonds. The fraction of sp³-hybridized carbons (Fsp3) is 0.348. The van der Waals surface area contributed by atoms with E-state index in [9.17, 15) is 19.5 Å². The summed E-state index contributed by atoms with van der Waals surface area (Å²) in [5, 5.41) is 21.9. The van der Waals surface area contributed by atoms with Crippen molar-refractivity contribution in [2.24, 2.45) is 0 Å². The Hall–Kier alpha value is -3.35. The molecule has 2 aromatic carbocycles. The molecule has 0 heterocycles. The second kappa shape index (κ2) is 9.43. The molecule has 7 nitrogen and oxygen atoms in total. The Balaban J connectivity index is 2.14. The molecule has 0 aromatic heterocycles. The van der Waals surface area contributed by atoms with Crippen LogP contribution in [0.4, 0.5) is 5.69 Å². The number of rotatable bonds is 9. The maximum atomic E-state index is 12.6. The molecule has 0 saturated carbocycles. The first-order valence-electron chi connectivity index (χ1n) is 9.59. The van der Waals surface area contributed by atoms with E-state index in [4.69, 9.17) is 9.84 Å². The summed E-state index contributed by atoms with van der Waals surface area (Å²) in [5.41, 5.74) is 1.82. The summed E-state index contributed by atoms with van der Waals surface area (Å²) in [4.78, 5) is 34.7. The number of aromatic carboxylic acids is 1. The zero-order valence-electron chi connectivity index (χ0n) is 17.6. The highest BCUT2D eigenvalue weighted by molar-refractivity contribution is 5.98. The Labute approximate surface area is 175 Å². The summed E-state index contributed by atoms with van der Waals surface area (Å²) in [6.07, 6.45) is 0.422. The molecule has 30 heavy (non-hydrogen) atoms. The van der Waals surface area contributed by atoms with E-state index >= 15 is 0 Å². The first-order chi connectivity index (χ1) is 14.0. The van der Waals surface area contributed by atoms with Crippen LogP contribution in [0, 0.1) is 0 Å². The van der Waals surface area contributed by atoms with Crippen molar-refractivity contribution < 1.29 is 29.3 Å². The zero-order valence-corrected chi connectivity index (χ0v) is 17.6. The van der Waals surface area contributed by atoms with E-state index in [1.807, 2.05) is 32.9 Å². The van der Waals surface area contributed by atoms with Crippen LogP contribution in [-0.4, -0.2) is 40.9 Å². The van der Waals surface area contributed by atoms with Gasteiger partial charge in [0.05, 0.1) is 0 Å². The van der Waals surface area contributed by atoms with Gasteiger partial charge >= 0.3 is 5.97 Å². The lowest BCUT2D eigenvalue weighted by Gasteiger charge is -2.24. The van der Waals surface area contributed by atoms with Gasteiger partial charge in [-0.05, 0) is 48.2 Å². The number of hydrogen-bond donors (Lipinski definition) is 3. The first kappa shape index (κ1) is 22.9. The van der Waals surface area contributed by atoms with Gasteiger partial charge in [0.25, 0.3) is 0 Å². The third-order valence-electron chi connectivity index (χ3n) is 4.51. The normalized spacial score (nSPS) is 11.1. The van der Waals surface area contributed by atoms with E-state index in [0.717, 1.165) is 11.3 Å². The van der Waals surface area contributed by atoms with Crippen LogP contribution in [0.3, 0.4) is 0 Å². The minimum absolute atomic E-state index is 0.103. The number of Topliss-reactive ketones (excluding diaryl/α,β-unsaturated/α-hetero) is 2. The molecule has 2 rings (SSSR count). The molecular formula is C23H27NO6. The topological polar surface area (TPSA) is 113 Å². The maximum Gasteiger partial charge on any atom is 0.339 e. The van der Waals surface area contributed by atoms with Crippen LogP contribution in [0.5, 0.6) is 11.5 Å². The number of benzene rings is 2. The standard InChI is InChI=1S/C23H27NO6/c1-14(25)9-10-24-19-8-5-15(11-18(19)23(2,3)4)21(27)13-30-16-6-7-17(22(28)29)20(26)12-16/h5-8,11-12,24,26H,9-10,13H2,1-4H3,(H,28,29). The summed E-state index contributed by atoms with van der Waals surface area (Å²) in [6.45, 7) is 7.92. The van der Waals surface area contributed by atoms with Crippen molar-refractivity contribution >= 4 is 23.2 Å². The van der Waals surface area contributed by atoms with Gasteiger partial charge in [-0.15, -0.1) is 0 Å². The number of ketones is 2. The number of nitrogens with one attached hydrogen (secondary N) is 1. The summed E-state index contributed by atoms with van der Waals surface area (Å²) in [6, 6.07) is 9.10. The third kappa shape index (κ3) is 6.07. The molecule has 0 radical (unpaired) electrons. The van der Waals surface area contributed by atoms with Crippen LogP contribution in [0.2, 0.25) is 0 Å². The van der Waals surface area contributed by atoms with Gasteiger partial charge in [0, 0.05) is 30.3 Å². The molecule has 3 N–H and O–H groups in total. The predicted molar refractivity (Wildman–Crippen MR) is 114 cm³/mol. The zero-order chi connectivity index (χ0) is 22.5. The molecule has 160 valence electrons. The number of ether oxygens (including phenoxy) is 1. The van der Waals surface area contributed by atoms with E-state index in [0.29, 0.717) is 18.5 Å². The number of anilines is 1. The smallest absolute Gasteiger partial charge is 0.339 e. The van der Waals surface area contributed by atoms with Crippen molar-refractivity contribution in [3.8, 4) is 11.5 Å². The number of phenols is 1. The predicted octanol–water partition coefficient (Wildman–Crippen LogP) is 4.04. The lowest BCUT2D eigenvalue weighted by Crippen LogP contribution is -2.18. The van der Waals surface area contributed by atoms with E-state index in [2.05, 4.69) is 5.32 Å². The quantitative estimate of drug-likeness (QED) is 0.532. The summed E-state index contributed by atoms with van der Waals surface area (Å²) >= 11 is 0. The average molecular weight is 413 g/mol. The molecule has 0 aliphatic carbocycles. The van der Waals surface area contributed by atoms with Gasteiger partial charge in [-0.1, -0.05) is 20.8 Å². The van der Waals surface area contributed by atoms with E-state index < -0.39 is 11.7 Å². The number of carboxylic acids is 1. The van der Waals surface area contributed by atoms with Gasteiger partial charge < -0.3 is 20.3 Å². The lowest BCUT2D eigenvalue weighted by molar-refractivity contribution is -0.116. The molecule has 0 atom stereocenters. The summed E-state index contributed by atoms with van der Waals surface area (Å²) in [5.74, 6) is -1.63. The van der Waals surface area contributed by atoms with Crippen LogP contribution in [0.25, 0.3) is 0 Å². The molecule has 0 aliphatic rings. The van der Waals surface area contributed by atoms with Gasteiger partial charge in [-0.3, -0.25) is 9.59 Å². The van der Waals surface area contributed by atoms with Crippen molar-refractivity contribution in [3.05, 3.63) is 53.1 Å². The summed E-state index contributed by atoms with van der Waals surface area (Å²) < 4.78 is 5.43. The Morgan fingerprint density at radius 2 is 1.77 bits per heavy atom. The third-order valence-corrected chi connectivity index (χ3v) is 4.51. The van der Waals surface area contributed by atoms with Crippen molar-refractivity contribution in [2.45, 2.75) is 39.5 Å². The Morgan fingerprint density at radius 1 is 1.07 bits per heavy atom. The average Bonchev–Trinajstić information content (AvgIpc) is 2.65. The molecule has 0 unspecified atom stereocenters. The van der Waals surface area contributed by atoms with Crippen LogP contribution in [0.15, 0.2) is 36.4 Å². The Bertz CT molecular complexity index is 959. The minimum atomic E-state index is -1.25. The monoisotopic (exact) mass is 413 g/mol. The molecule has 0 saturated heterocycles. The molecule has 0 fully saturated rings. The fourth-order valence-electron chi connectivity index (χ4n) is 2.88. The molecule has 2 aromatic rings. The molecular weight excluding hydrogens is 386 g/mol. The Kier molecular flexibility index (Phi) is 7.21. The fourth-order valence-corrected chi connectivity index (χ4v) is 2.88. The van der Waals surface area contributed by atoms with Crippen molar-refractivity contribution in [3.63, 3.8) is 0 Å². The van der Waals surface area contributed by atoms with Gasteiger partial charge in [0.15, 0.2) is 12.4 Å². The largest absolute Gasteiger partial charge is 0.507 e. The second-order valence-corrected chi connectivity index (χ2v) is 8.09. The molecule has 0 bridgehead atoms. The number of carboxylic acid groups (broad SMARTS) is 1. The molecule has 0 spiro atoms. The minimum Gasteiger partial charge on any atom is -0.507 e. The molecule has 7 heteroatoms.